The highest BCUT2D eigenvalue weighted by atomic mass is 16.5. The van der Waals surface area contributed by atoms with Gasteiger partial charge in [-0.1, -0.05) is 20.8 Å². The number of aromatic nitrogens is 2. The minimum absolute atomic E-state index is 0.0979. The summed E-state index contributed by atoms with van der Waals surface area (Å²) >= 11 is 0. The van der Waals surface area contributed by atoms with Gasteiger partial charge in [-0.15, -0.1) is 0 Å². The summed E-state index contributed by atoms with van der Waals surface area (Å²) in [5, 5.41) is 13.5. The molecule has 2 heterocycles. The van der Waals surface area contributed by atoms with E-state index >= 15 is 0 Å². The van der Waals surface area contributed by atoms with Crippen LogP contribution in [0.15, 0.2) is 18.2 Å². The highest BCUT2D eigenvalue weighted by Gasteiger charge is 2.15. The van der Waals surface area contributed by atoms with Crippen LogP contribution in [0.25, 0.3) is 10.9 Å². The molecule has 3 rings (SSSR count). The van der Waals surface area contributed by atoms with E-state index in [0.29, 0.717) is 12.4 Å². The monoisotopic (exact) mass is 382 g/mol. The maximum atomic E-state index is 9.23. The number of fused-ring (bicyclic) bond motifs is 1. The van der Waals surface area contributed by atoms with Crippen LogP contribution in [0.5, 0.6) is 5.75 Å². The predicted octanol–water partition coefficient (Wildman–Crippen LogP) is 2.59. The number of ether oxygens (including phenoxy) is 1. The second-order valence-electron chi connectivity index (χ2n) is 8.59. The third-order valence-corrected chi connectivity index (χ3v) is 4.83. The Morgan fingerprint density at radius 1 is 1.18 bits per heavy atom. The second-order valence-corrected chi connectivity index (χ2v) is 8.59. The molecule has 0 amide bonds. The summed E-state index contributed by atoms with van der Waals surface area (Å²) in [6.07, 6.45) is 0. The van der Waals surface area contributed by atoms with Crippen molar-refractivity contribution in [3.05, 3.63) is 24.0 Å². The van der Waals surface area contributed by atoms with Crippen molar-refractivity contribution in [2.24, 2.45) is 5.41 Å². The van der Waals surface area contributed by atoms with Crippen molar-refractivity contribution < 1.29 is 4.74 Å². The fraction of sp³-hybridized carbons (Fsp3) is 0.571. The van der Waals surface area contributed by atoms with Crippen molar-refractivity contribution in [3.8, 4) is 11.8 Å². The van der Waals surface area contributed by atoms with Gasteiger partial charge in [0.2, 0.25) is 5.82 Å². The van der Waals surface area contributed by atoms with E-state index in [1.165, 1.54) is 0 Å². The minimum Gasteiger partial charge on any atom is -0.492 e. The number of anilines is 1. The Labute approximate surface area is 167 Å². The van der Waals surface area contributed by atoms with Crippen LogP contribution >= 0.6 is 0 Å². The van der Waals surface area contributed by atoms with Crippen LogP contribution < -0.4 is 10.1 Å². The van der Waals surface area contributed by atoms with Crippen molar-refractivity contribution in [1.29, 1.82) is 5.26 Å². The summed E-state index contributed by atoms with van der Waals surface area (Å²) < 4.78 is 6.00. The number of hydrogen-bond donors (Lipinski definition) is 1. The molecular formula is C21H30N6O. The van der Waals surface area contributed by atoms with Gasteiger partial charge in [-0.25, -0.2) is 9.97 Å². The number of nitriles is 1. The summed E-state index contributed by atoms with van der Waals surface area (Å²) in [5.74, 6) is 1.65. The maximum Gasteiger partial charge on any atom is 0.234 e. The standard InChI is InChI=1S/C21H30N6O/c1-21(2,3)15-23-20-17-13-16(5-6-18(17)24-19(14-22)25-20)28-12-11-27-9-7-26(4)8-10-27/h5-6,13H,7-12,15H2,1-4H3,(H,23,24,25). The molecule has 0 radical (unpaired) electrons. The largest absolute Gasteiger partial charge is 0.492 e. The van der Waals surface area contributed by atoms with Gasteiger partial charge in [-0.05, 0) is 30.7 Å². The smallest absolute Gasteiger partial charge is 0.234 e. The summed E-state index contributed by atoms with van der Waals surface area (Å²) in [5.41, 5.74) is 0.843. The lowest BCUT2D eigenvalue weighted by Gasteiger charge is -2.32. The van der Waals surface area contributed by atoms with Crippen LogP contribution in [0.4, 0.5) is 5.82 Å². The number of nitrogens with one attached hydrogen (secondary N) is 1. The van der Waals surface area contributed by atoms with Gasteiger partial charge in [0, 0.05) is 44.7 Å². The summed E-state index contributed by atoms with van der Waals surface area (Å²) in [6.45, 7) is 13.2. The zero-order valence-electron chi connectivity index (χ0n) is 17.3. The normalized spacial score (nSPS) is 16.1. The van der Waals surface area contributed by atoms with Crippen LogP contribution in [0.1, 0.15) is 26.6 Å². The second kappa shape index (κ2) is 8.72. The quantitative estimate of drug-likeness (QED) is 0.823. The average molecular weight is 383 g/mol. The third kappa shape index (κ3) is 5.54. The average Bonchev–Trinajstić information content (AvgIpc) is 2.67. The number of likely N-dealkylation sites (N-methyl/N-ethyl adjacent to an activating group) is 1. The number of piperazine rings is 1. The SMILES string of the molecule is CN1CCN(CCOc2ccc3nc(C#N)nc(NCC(C)(C)C)c3c2)CC1. The van der Waals surface area contributed by atoms with Crippen molar-refractivity contribution in [3.63, 3.8) is 0 Å². The molecule has 0 unspecified atom stereocenters. The summed E-state index contributed by atoms with van der Waals surface area (Å²) in [7, 11) is 2.16. The predicted molar refractivity (Wildman–Crippen MR) is 112 cm³/mol. The molecule has 1 fully saturated rings. The highest BCUT2D eigenvalue weighted by Crippen LogP contribution is 2.26. The Bertz CT molecular complexity index is 846. The van der Waals surface area contributed by atoms with E-state index < -0.39 is 0 Å². The van der Waals surface area contributed by atoms with Crippen molar-refractivity contribution in [1.82, 2.24) is 19.8 Å². The molecule has 1 aromatic heterocycles. The fourth-order valence-electron chi connectivity index (χ4n) is 3.10. The molecule has 1 saturated heterocycles. The van der Waals surface area contributed by atoms with Crippen LogP contribution in [0.3, 0.4) is 0 Å². The first-order chi connectivity index (χ1) is 13.3. The zero-order valence-corrected chi connectivity index (χ0v) is 17.3. The van der Waals surface area contributed by atoms with E-state index in [4.69, 9.17) is 4.74 Å². The first-order valence-electron chi connectivity index (χ1n) is 9.83. The van der Waals surface area contributed by atoms with E-state index in [9.17, 15) is 5.26 Å². The van der Waals surface area contributed by atoms with Crippen LogP contribution in [-0.2, 0) is 0 Å². The van der Waals surface area contributed by atoms with E-state index in [2.05, 4.69) is 52.9 Å². The van der Waals surface area contributed by atoms with Gasteiger partial charge in [0.05, 0.1) is 5.52 Å². The first kappa shape index (κ1) is 20.3. The summed E-state index contributed by atoms with van der Waals surface area (Å²) in [4.78, 5) is 13.5. The molecule has 0 aliphatic carbocycles. The molecule has 2 aromatic rings. The molecule has 1 N–H and O–H groups in total. The number of rotatable bonds is 6. The number of hydrogen-bond acceptors (Lipinski definition) is 7. The Morgan fingerprint density at radius 2 is 1.93 bits per heavy atom. The minimum atomic E-state index is 0.0979. The topological polar surface area (TPSA) is 77.3 Å². The van der Waals surface area contributed by atoms with Crippen LogP contribution in [0.2, 0.25) is 0 Å². The molecule has 0 spiro atoms. The van der Waals surface area contributed by atoms with Gasteiger partial charge in [0.15, 0.2) is 0 Å². The van der Waals surface area contributed by atoms with Crippen molar-refractivity contribution in [2.75, 3.05) is 58.2 Å². The van der Waals surface area contributed by atoms with Crippen LogP contribution in [-0.4, -0.2) is 72.7 Å². The van der Waals surface area contributed by atoms with Crippen LogP contribution in [0, 0.1) is 16.7 Å². The first-order valence-corrected chi connectivity index (χ1v) is 9.83. The van der Waals surface area contributed by atoms with Gasteiger partial charge < -0.3 is 15.0 Å². The van der Waals surface area contributed by atoms with Gasteiger partial charge in [-0.2, -0.15) is 5.26 Å². The lowest BCUT2D eigenvalue weighted by molar-refractivity contribution is 0.134. The van der Waals surface area contributed by atoms with E-state index in [1.807, 2.05) is 24.3 Å². The molecule has 7 heteroatoms. The molecule has 1 aliphatic heterocycles. The Balaban J connectivity index is 1.71. The fourth-order valence-corrected chi connectivity index (χ4v) is 3.10. The maximum absolute atomic E-state index is 9.23. The molecule has 0 bridgehead atoms. The van der Waals surface area contributed by atoms with Gasteiger partial charge in [0.1, 0.15) is 24.2 Å². The molecule has 28 heavy (non-hydrogen) atoms. The Morgan fingerprint density at radius 3 is 2.61 bits per heavy atom. The van der Waals surface area contributed by atoms with Gasteiger partial charge in [-0.3, -0.25) is 4.90 Å². The lowest BCUT2D eigenvalue weighted by Crippen LogP contribution is -2.45. The molecule has 0 atom stereocenters. The molecule has 150 valence electrons. The zero-order chi connectivity index (χ0) is 20.1. The molecular weight excluding hydrogens is 352 g/mol. The Hall–Kier alpha value is -2.43. The van der Waals surface area contributed by atoms with Crippen molar-refractivity contribution in [2.45, 2.75) is 20.8 Å². The highest BCUT2D eigenvalue weighted by molar-refractivity contribution is 5.90. The van der Waals surface area contributed by atoms with Gasteiger partial charge >= 0.3 is 0 Å². The molecule has 1 aromatic carbocycles. The lowest BCUT2D eigenvalue weighted by atomic mass is 9.97. The number of benzene rings is 1. The Kier molecular flexibility index (Phi) is 6.32. The molecule has 1 aliphatic rings. The van der Waals surface area contributed by atoms with E-state index in [-0.39, 0.29) is 11.2 Å². The van der Waals surface area contributed by atoms with E-state index in [1.54, 1.807) is 0 Å². The molecule has 0 saturated carbocycles. The summed E-state index contributed by atoms with van der Waals surface area (Å²) in [6, 6.07) is 7.81. The molecule has 7 nitrogen and oxygen atoms in total. The van der Waals surface area contributed by atoms with Crippen molar-refractivity contribution >= 4 is 16.7 Å². The third-order valence-electron chi connectivity index (χ3n) is 4.83. The van der Waals surface area contributed by atoms with E-state index in [0.717, 1.165) is 55.9 Å². The van der Waals surface area contributed by atoms with Gasteiger partial charge in [0.25, 0.3) is 0 Å². The number of nitrogens with zero attached hydrogens (tertiary/aromatic N) is 5.